The summed E-state index contributed by atoms with van der Waals surface area (Å²) >= 11 is 0. The smallest absolute Gasteiger partial charge is 0.105 e. The second kappa shape index (κ2) is 6.10. The van der Waals surface area contributed by atoms with Gasteiger partial charge in [-0.3, -0.25) is 4.98 Å². The fourth-order valence-electron chi connectivity index (χ4n) is 1.89. The molecule has 0 fully saturated rings. The van der Waals surface area contributed by atoms with Crippen LogP contribution in [0.3, 0.4) is 0 Å². The van der Waals surface area contributed by atoms with Crippen LogP contribution in [0, 0.1) is 0 Å². The molecule has 0 aliphatic carbocycles. The second-order valence-electron chi connectivity index (χ2n) is 4.32. The number of nitrogens with one attached hydrogen (secondary N) is 2. The van der Waals surface area contributed by atoms with E-state index in [9.17, 15) is 0 Å². The Morgan fingerprint density at radius 2 is 2.17 bits per heavy atom. The van der Waals surface area contributed by atoms with E-state index in [1.165, 1.54) is 0 Å². The SMILES string of the molecule is CCNc1cncc(NC(C)Cc2ccco2)c1. The molecule has 2 heterocycles. The number of hydrogen-bond donors (Lipinski definition) is 2. The summed E-state index contributed by atoms with van der Waals surface area (Å²) < 4.78 is 5.34. The highest BCUT2D eigenvalue weighted by molar-refractivity contribution is 5.54. The molecule has 0 saturated carbocycles. The number of anilines is 2. The molecule has 1 atom stereocenters. The van der Waals surface area contributed by atoms with Crippen molar-refractivity contribution in [1.82, 2.24) is 4.98 Å². The van der Waals surface area contributed by atoms with Crippen LogP contribution in [-0.2, 0) is 6.42 Å². The first-order valence-corrected chi connectivity index (χ1v) is 6.25. The van der Waals surface area contributed by atoms with Gasteiger partial charge in [0.25, 0.3) is 0 Å². The number of nitrogens with zero attached hydrogens (tertiary/aromatic N) is 1. The Morgan fingerprint density at radius 1 is 1.33 bits per heavy atom. The summed E-state index contributed by atoms with van der Waals surface area (Å²) in [7, 11) is 0. The van der Waals surface area contributed by atoms with Crippen LogP contribution in [0.2, 0.25) is 0 Å². The third-order valence-electron chi connectivity index (χ3n) is 2.62. The van der Waals surface area contributed by atoms with Crippen molar-refractivity contribution >= 4 is 11.4 Å². The van der Waals surface area contributed by atoms with Gasteiger partial charge in [0.05, 0.1) is 30.0 Å². The minimum atomic E-state index is 0.301. The van der Waals surface area contributed by atoms with Crippen molar-refractivity contribution in [3.8, 4) is 0 Å². The standard InChI is InChI=1S/C14H19N3O/c1-3-16-12-8-13(10-15-9-12)17-11(2)7-14-5-4-6-18-14/h4-6,8-11,16-17H,3,7H2,1-2H3. The maximum atomic E-state index is 5.34. The highest BCUT2D eigenvalue weighted by Crippen LogP contribution is 2.15. The van der Waals surface area contributed by atoms with Crippen molar-refractivity contribution in [3.63, 3.8) is 0 Å². The average Bonchev–Trinajstić information content (AvgIpc) is 2.82. The van der Waals surface area contributed by atoms with Crippen molar-refractivity contribution in [2.45, 2.75) is 26.3 Å². The molecule has 0 saturated heterocycles. The highest BCUT2D eigenvalue weighted by Gasteiger charge is 2.06. The van der Waals surface area contributed by atoms with E-state index in [4.69, 9.17) is 4.42 Å². The molecule has 0 aliphatic rings. The third-order valence-corrected chi connectivity index (χ3v) is 2.62. The summed E-state index contributed by atoms with van der Waals surface area (Å²) in [6.45, 7) is 5.09. The molecule has 0 bridgehead atoms. The summed E-state index contributed by atoms with van der Waals surface area (Å²) in [5.74, 6) is 0.991. The molecule has 0 aliphatic heterocycles. The van der Waals surface area contributed by atoms with Crippen molar-refractivity contribution in [3.05, 3.63) is 42.6 Å². The lowest BCUT2D eigenvalue weighted by Crippen LogP contribution is -2.18. The van der Waals surface area contributed by atoms with Gasteiger partial charge in [-0.2, -0.15) is 0 Å². The van der Waals surface area contributed by atoms with Crippen molar-refractivity contribution in [2.24, 2.45) is 0 Å². The summed E-state index contributed by atoms with van der Waals surface area (Å²) in [5, 5.41) is 6.66. The molecule has 0 amide bonds. The zero-order valence-electron chi connectivity index (χ0n) is 10.8. The van der Waals surface area contributed by atoms with Crippen LogP contribution < -0.4 is 10.6 Å². The first-order valence-electron chi connectivity index (χ1n) is 6.25. The number of rotatable bonds is 6. The van der Waals surface area contributed by atoms with Gasteiger partial charge in [0, 0.05) is 19.0 Å². The third kappa shape index (κ3) is 3.52. The van der Waals surface area contributed by atoms with E-state index in [2.05, 4.69) is 35.5 Å². The predicted octanol–water partition coefficient (Wildman–Crippen LogP) is 3.15. The second-order valence-corrected chi connectivity index (χ2v) is 4.32. The predicted molar refractivity (Wildman–Crippen MR) is 73.9 cm³/mol. The van der Waals surface area contributed by atoms with Gasteiger partial charge in [-0.1, -0.05) is 0 Å². The molecule has 96 valence electrons. The first-order chi connectivity index (χ1) is 8.78. The van der Waals surface area contributed by atoms with E-state index in [1.54, 1.807) is 6.26 Å². The van der Waals surface area contributed by atoms with Crippen LogP contribution in [0.25, 0.3) is 0 Å². The largest absolute Gasteiger partial charge is 0.469 e. The van der Waals surface area contributed by atoms with Gasteiger partial charge in [0.2, 0.25) is 0 Å². The lowest BCUT2D eigenvalue weighted by molar-refractivity contribution is 0.498. The maximum Gasteiger partial charge on any atom is 0.105 e. The Kier molecular flexibility index (Phi) is 4.23. The van der Waals surface area contributed by atoms with Crippen LogP contribution >= 0.6 is 0 Å². The zero-order valence-corrected chi connectivity index (χ0v) is 10.8. The molecule has 4 heteroatoms. The maximum absolute atomic E-state index is 5.34. The normalized spacial score (nSPS) is 12.1. The van der Waals surface area contributed by atoms with Crippen molar-refractivity contribution < 1.29 is 4.42 Å². The summed E-state index contributed by atoms with van der Waals surface area (Å²) in [4.78, 5) is 4.20. The molecule has 2 aromatic heterocycles. The van der Waals surface area contributed by atoms with Crippen LogP contribution in [0.1, 0.15) is 19.6 Å². The number of aromatic nitrogens is 1. The molecule has 2 aromatic rings. The average molecular weight is 245 g/mol. The quantitative estimate of drug-likeness (QED) is 0.820. The Morgan fingerprint density at radius 3 is 2.89 bits per heavy atom. The lowest BCUT2D eigenvalue weighted by atomic mass is 10.2. The van der Waals surface area contributed by atoms with Gasteiger partial charge in [-0.15, -0.1) is 0 Å². The molecular weight excluding hydrogens is 226 g/mol. The lowest BCUT2D eigenvalue weighted by Gasteiger charge is -2.14. The van der Waals surface area contributed by atoms with Gasteiger partial charge in [-0.05, 0) is 32.0 Å². The van der Waals surface area contributed by atoms with E-state index < -0.39 is 0 Å². The van der Waals surface area contributed by atoms with E-state index in [1.807, 2.05) is 24.5 Å². The summed E-state index contributed by atoms with van der Waals surface area (Å²) in [6, 6.07) is 6.27. The van der Waals surface area contributed by atoms with Crippen LogP contribution in [0.15, 0.2) is 41.3 Å². The molecule has 0 aromatic carbocycles. The molecule has 0 spiro atoms. The van der Waals surface area contributed by atoms with Crippen LogP contribution in [0.4, 0.5) is 11.4 Å². The molecular formula is C14H19N3O. The number of pyridine rings is 1. The van der Waals surface area contributed by atoms with Gasteiger partial charge in [0.1, 0.15) is 5.76 Å². The Labute approximate surface area is 107 Å². The Hall–Kier alpha value is -1.97. The van der Waals surface area contributed by atoms with Crippen LogP contribution in [0.5, 0.6) is 0 Å². The first kappa shape index (κ1) is 12.5. The Balaban J connectivity index is 1.93. The number of furan rings is 1. The minimum Gasteiger partial charge on any atom is -0.469 e. The van der Waals surface area contributed by atoms with E-state index in [0.29, 0.717) is 6.04 Å². The fourth-order valence-corrected chi connectivity index (χ4v) is 1.89. The van der Waals surface area contributed by atoms with E-state index in [-0.39, 0.29) is 0 Å². The van der Waals surface area contributed by atoms with Crippen molar-refractivity contribution in [1.29, 1.82) is 0 Å². The highest BCUT2D eigenvalue weighted by atomic mass is 16.3. The summed E-state index contributed by atoms with van der Waals surface area (Å²) in [5.41, 5.74) is 2.06. The topological polar surface area (TPSA) is 50.1 Å². The Bertz CT molecular complexity index is 468. The molecule has 1 unspecified atom stereocenters. The molecule has 18 heavy (non-hydrogen) atoms. The number of hydrogen-bond acceptors (Lipinski definition) is 4. The van der Waals surface area contributed by atoms with Crippen molar-refractivity contribution in [2.75, 3.05) is 17.2 Å². The molecule has 2 rings (SSSR count). The van der Waals surface area contributed by atoms with Gasteiger partial charge in [0.15, 0.2) is 0 Å². The molecule has 0 radical (unpaired) electrons. The van der Waals surface area contributed by atoms with Crippen LogP contribution in [-0.4, -0.2) is 17.6 Å². The van der Waals surface area contributed by atoms with Gasteiger partial charge < -0.3 is 15.1 Å². The van der Waals surface area contributed by atoms with E-state index in [0.717, 1.165) is 30.1 Å². The van der Waals surface area contributed by atoms with E-state index >= 15 is 0 Å². The fraction of sp³-hybridized carbons (Fsp3) is 0.357. The van der Waals surface area contributed by atoms with Gasteiger partial charge >= 0.3 is 0 Å². The summed E-state index contributed by atoms with van der Waals surface area (Å²) in [6.07, 6.45) is 6.22. The van der Waals surface area contributed by atoms with Gasteiger partial charge in [-0.25, -0.2) is 0 Å². The minimum absolute atomic E-state index is 0.301. The molecule has 4 nitrogen and oxygen atoms in total. The zero-order chi connectivity index (χ0) is 12.8. The monoisotopic (exact) mass is 245 g/mol. The molecule has 2 N–H and O–H groups in total.